The Kier molecular flexibility index (Phi) is 3.82. The third kappa shape index (κ3) is 2.74. The summed E-state index contributed by atoms with van der Waals surface area (Å²) >= 11 is 3.35. The van der Waals surface area contributed by atoms with Crippen LogP contribution in [0.1, 0.15) is 5.56 Å². The van der Waals surface area contributed by atoms with E-state index in [2.05, 4.69) is 37.3 Å². The summed E-state index contributed by atoms with van der Waals surface area (Å²) in [5, 5.41) is 12.1. The second-order valence-electron chi connectivity index (χ2n) is 3.57. The molecule has 0 radical (unpaired) electrons. The van der Waals surface area contributed by atoms with E-state index in [1.807, 2.05) is 0 Å². The van der Waals surface area contributed by atoms with E-state index in [1.165, 1.54) is 13.4 Å². The fourth-order valence-corrected chi connectivity index (χ4v) is 1.88. The van der Waals surface area contributed by atoms with Gasteiger partial charge < -0.3 is 15.8 Å². The molecule has 19 heavy (non-hydrogen) atoms. The van der Waals surface area contributed by atoms with Crippen LogP contribution in [0.2, 0.25) is 0 Å². The molecular weight excluding hydrogens is 310 g/mol. The number of methoxy groups -OCH3 is 1. The van der Waals surface area contributed by atoms with Crippen LogP contribution in [0.15, 0.2) is 29.0 Å². The van der Waals surface area contributed by atoms with Crippen molar-refractivity contribution in [1.29, 1.82) is 5.26 Å². The van der Waals surface area contributed by atoms with Crippen LogP contribution in [0.5, 0.6) is 5.75 Å². The molecule has 0 unspecified atom stereocenters. The number of nitriles is 1. The van der Waals surface area contributed by atoms with E-state index in [4.69, 9.17) is 15.7 Å². The minimum Gasteiger partial charge on any atom is -0.490 e. The molecule has 0 fully saturated rings. The van der Waals surface area contributed by atoms with Gasteiger partial charge in [0.2, 0.25) is 5.75 Å². The lowest BCUT2D eigenvalue weighted by atomic mass is 10.2. The molecule has 2 rings (SSSR count). The second-order valence-corrected chi connectivity index (χ2v) is 4.48. The van der Waals surface area contributed by atoms with Gasteiger partial charge in [0.25, 0.3) is 0 Å². The number of halogens is 1. The number of anilines is 3. The van der Waals surface area contributed by atoms with Gasteiger partial charge in [0, 0.05) is 4.47 Å². The van der Waals surface area contributed by atoms with Crippen LogP contribution in [0.25, 0.3) is 0 Å². The van der Waals surface area contributed by atoms with Crippen LogP contribution in [0.3, 0.4) is 0 Å². The predicted molar refractivity (Wildman–Crippen MR) is 75.1 cm³/mol. The topological polar surface area (TPSA) is 96.8 Å². The van der Waals surface area contributed by atoms with Crippen molar-refractivity contribution in [2.45, 2.75) is 0 Å². The first-order valence-corrected chi connectivity index (χ1v) is 6.06. The number of nitrogens with zero attached hydrogens (tertiary/aromatic N) is 3. The molecule has 0 saturated heterocycles. The molecule has 2 aromatic rings. The van der Waals surface area contributed by atoms with Crippen LogP contribution < -0.4 is 15.8 Å². The summed E-state index contributed by atoms with van der Waals surface area (Å²) in [7, 11) is 1.48. The molecule has 7 heteroatoms. The molecule has 3 N–H and O–H groups in total. The van der Waals surface area contributed by atoms with Crippen molar-refractivity contribution >= 4 is 33.3 Å². The molecule has 0 aliphatic carbocycles. The lowest BCUT2D eigenvalue weighted by Crippen LogP contribution is -2.03. The Balaban J connectivity index is 2.45. The first-order valence-electron chi connectivity index (χ1n) is 5.27. The summed E-state index contributed by atoms with van der Waals surface area (Å²) in [6.07, 6.45) is 1.32. The number of nitrogens with one attached hydrogen (secondary N) is 1. The van der Waals surface area contributed by atoms with Crippen LogP contribution in [0.4, 0.5) is 17.3 Å². The van der Waals surface area contributed by atoms with E-state index in [0.29, 0.717) is 22.8 Å². The molecule has 0 saturated carbocycles. The minimum atomic E-state index is 0.230. The molecule has 96 valence electrons. The van der Waals surface area contributed by atoms with Gasteiger partial charge in [0.05, 0.1) is 18.4 Å². The van der Waals surface area contributed by atoms with Crippen molar-refractivity contribution < 1.29 is 4.74 Å². The lowest BCUT2D eigenvalue weighted by molar-refractivity contribution is 0.415. The van der Waals surface area contributed by atoms with E-state index >= 15 is 0 Å². The first-order chi connectivity index (χ1) is 9.15. The van der Waals surface area contributed by atoms with Crippen molar-refractivity contribution in [3.63, 3.8) is 0 Å². The maximum absolute atomic E-state index is 9.07. The highest BCUT2D eigenvalue weighted by Gasteiger charge is 2.11. The Morgan fingerprint density at radius 2 is 2.21 bits per heavy atom. The number of ether oxygens (including phenoxy) is 1. The Morgan fingerprint density at radius 1 is 1.42 bits per heavy atom. The molecule has 0 atom stereocenters. The standard InChI is InChI=1S/C12H10BrN5O/c1-19-10-11(15)16-6-17-12(10)18-9-4-8(13)3-2-7(9)5-14/h2-4,6H,1H3,(H3,15,16,17,18). The quantitative estimate of drug-likeness (QED) is 0.901. The highest BCUT2D eigenvalue weighted by atomic mass is 79.9. The Bertz CT molecular complexity index is 653. The van der Waals surface area contributed by atoms with E-state index in [9.17, 15) is 0 Å². The second kappa shape index (κ2) is 5.54. The Labute approximate surface area is 118 Å². The number of nitrogens with two attached hydrogens (primary N) is 1. The van der Waals surface area contributed by atoms with Gasteiger partial charge >= 0.3 is 0 Å². The highest BCUT2D eigenvalue weighted by molar-refractivity contribution is 9.10. The van der Waals surface area contributed by atoms with Crippen LogP contribution >= 0.6 is 15.9 Å². The maximum atomic E-state index is 9.07. The van der Waals surface area contributed by atoms with Crippen molar-refractivity contribution in [3.8, 4) is 11.8 Å². The van der Waals surface area contributed by atoms with E-state index in [-0.39, 0.29) is 5.82 Å². The van der Waals surface area contributed by atoms with Crippen molar-refractivity contribution in [2.75, 3.05) is 18.2 Å². The van der Waals surface area contributed by atoms with Gasteiger partial charge in [-0.1, -0.05) is 15.9 Å². The average Bonchev–Trinajstić information content (AvgIpc) is 2.39. The third-order valence-electron chi connectivity index (χ3n) is 2.39. The third-order valence-corrected chi connectivity index (χ3v) is 2.88. The van der Waals surface area contributed by atoms with Gasteiger partial charge in [-0.05, 0) is 18.2 Å². The van der Waals surface area contributed by atoms with Gasteiger partial charge in [-0.25, -0.2) is 9.97 Å². The van der Waals surface area contributed by atoms with E-state index in [0.717, 1.165) is 4.47 Å². The summed E-state index contributed by atoms with van der Waals surface area (Å²) in [5.74, 6) is 0.976. The van der Waals surface area contributed by atoms with Crippen molar-refractivity contribution in [3.05, 3.63) is 34.6 Å². The van der Waals surface area contributed by atoms with Crippen LogP contribution in [0, 0.1) is 11.3 Å². The number of hydrogen-bond acceptors (Lipinski definition) is 6. The fraction of sp³-hybridized carbons (Fsp3) is 0.0833. The lowest BCUT2D eigenvalue weighted by Gasteiger charge is -2.12. The SMILES string of the molecule is COc1c(N)ncnc1Nc1cc(Br)ccc1C#N. The minimum absolute atomic E-state index is 0.230. The van der Waals surface area contributed by atoms with Gasteiger partial charge in [0.15, 0.2) is 11.6 Å². The highest BCUT2D eigenvalue weighted by Crippen LogP contribution is 2.31. The molecule has 0 spiro atoms. The molecule has 6 nitrogen and oxygen atoms in total. The number of aromatic nitrogens is 2. The summed E-state index contributed by atoms with van der Waals surface area (Å²) < 4.78 is 5.99. The predicted octanol–water partition coefficient (Wildman–Crippen LogP) is 2.45. The van der Waals surface area contributed by atoms with E-state index < -0.39 is 0 Å². The number of rotatable bonds is 3. The van der Waals surface area contributed by atoms with Crippen molar-refractivity contribution in [1.82, 2.24) is 9.97 Å². The number of nitrogen functional groups attached to an aromatic ring is 1. The zero-order valence-corrected chi connectivity index (χ0v) is 11.6. The zero-order chi connectivity index (χ0) is 13.8. The van der Waals surface area contributed by atoms with Crippen LogP contribution in [-0.4, -0.2) is 17.1 Å². The fourth-order valence-electron chi connectivity index (χ4n) is 1.52. The molecular formula is C12H10BrN5O. The number of hydrogen-bond donors (Lipinski definition) is 2. The molecule has 0 aliphatic rings. The van der Waals surface area contributed by atoms with Gasteiger partial charge in [-0.15, -0.1) is 0 Å². The smallest absolute Gasteiger partial charge is 0.204 e. The normalized spacial score (nSPS) is 9.74. The maximum Gasteiger partial charge on any atom is 0.204 e. The van der Waals surface area contributed by atoms with Gasteiger partial charge in [-0.2, -0.15) is 5.26 Å². The molecule has 0 amide bonds. The first kappa shape index (κ1) is 13.1. The van der Waals surface area contributed by atoms with E-state index in [1.54, 1.807) is 18.2 Å². The molecule has 1 aromatic carbocycles. The van der Waals surface area contributed by atoms with Crippen molar-refractivity contribution in [2.24, 2.45) is 0 Å². The molecule has 1 heterocycles. The molecule has 1 aromatic heterocycles. The Hall–Kier alpha value is -2.33. The average molecular weight is 320 g/mol. The van der Waals surface area contributed by atoms with Gasteiger partial charge in [0.1, 0.15) is 12.4 Å². The number of benzene rings is 1. The monoisotopic (exact) mass is 319 g/mol. The molecule has 0 bridgehead atoms. The zero-order valence-electron chi connectivity index (χ0n) is 10.0. The van der Waals surface area contributed by atoms with Gasteiger partial charge in [-0.3, -0.25) is 0 Å². The summed E-state index contributed by atoms with van der Waals surface area (Å²) in [6.45, 7) is 0. The molecule has 0 aliphatic heterocycles. The Morgan fingerprint density at radius 3 is 2.89 bits per heavy atom. The largest absolute Gasteiger partial charge is 0.490 e. The summed E-state index contributed by atoms with van der Waals surface area (Å²) in [4.78, 5) is 7.90. The summed E-state index contributed by atoms with van der Waals surface area (Å²) in [5.41, 5.74) is 6.79. The van der Waals surface area contributed by atoms with Crippen LogP contribution in [-0.2, 0) is 0 Å². The summed E-state index contributed by atoms with van der Waals surface area (Å²) in [6, 6.07) is 7.36.